The lowest BCUT2D eigenvalue weighted by atomic mass is 10.1. The maximum atomic E-state index is 12.3. The lowest BCUT2D eigenvalue weighted by Crippen LogP contribution is -2.57. The van der Waals surface area contributed by atoms with E-state index in [0.29, 0.717) is 5.56 Å². The minimum Gasteiger partial charge on any atom is -0.479 e. The summed E-state index contributed by atoms with van der Waals surface area (Å²) >= 11 is 0. The molecule has 0 aliphatic heterocycles. The molecule has 2 amide bonds. The number of hydrogen-bond acceptors (Lipinski definition) is 5. The van der Waals surface area contributed by atoms with E-state index in [1.807, 2.05) is 5.32 Å². The lowest BCUT2D eigenvalue weighted by Gasteiger charge is -2.20. The van der Waals surface area contributed by atoms with Gasteiger partial charge in [0, 0.05) is 6.42 Å². The van der Waals surface area contributed by atoms with Gasteiger partial charge in [-0.05, 0) is 5.56 Å². The Bertz CT molecular complexity index is 678. The number of benzene rings is 1. The van der Waals surface area contributed by atoms with E-state index in [4.69, 9.17) is 5.11 Å². The van der Waals surface area contributed by atoms with Crippen LogP contribution in [0.1, 0.15) is 5.56 Å². The standard InChI is InChI=1S/C15H15F3N2O6/c1-26-13(24)9(7-8-5-3-2-4-6-8)19-11(21)10(12(22)23)20-14(25)15(16,17)18/h2-6,9-10H,7H2,1H3,(H,19,21)(H,20,25)(H,22,23). The number of halogens is 3. The number of esters is 1. The number of carbonyl (C=O) groups is 4. The molecular formula is C15H15F3N2O6. The molecule has 1 rings (SSSR count). The second-order valence-electron chi connectivity index (χ2n) is 5.02. The largest absolute Gasteiger partial charge is 0.479 e. The Morgan fingerprint density at radius 2 is 1.69 bits per heavy atom. The third-order valence-electron chi connectivity index (χ3n) is 3.13. The molecule has 0 radical (unpaired) electrons. The molecule has 0 spiro atoms. The van der Waals surface area contributed by atoms with Crippen LogP contribution < -0.4 is 10.6 Å². The Morgan fingerprint density at radius 1 is 1.12 bits per heavy atom. The van der Waals surface area contributed by atoms with E-state index >= 15 is 0 Å². The van der Waals surface area contributed by atoms with Gasteiger partial charge in [0.1, 0.15) is 6.04 Å². The molecule has 142 valence electrons. The molecule has 0 aliphatic carbocycles. The molecule has 26 heavy (non-hydrogen) atoms. The summed E-state index contributed by atoms with van der Waals surface area (Å²) in [7, 11) is 1.02. The number of alkyl halides is 3. The molecule has 0 saturated carbocycles. The minimum absolute atomic E-state index is 0.0984. The van der Waals surface area contributed by atoms with E-state index < -0.39 is 42.0 Å². The molecule has 3 N–H and O–H groups in total. The van der Waals surface area contributed by atoms with Crippen molar-refractivity contribution in [2.75, 3.05) is 7.11 Å². The smallest absolute Gasteiger partial charge is 0.471 e. The molecular weight excluding hydrogens is 361 g/mol. The summed E-state index contributed by atoms with van der Waals surface area (Å²) in [6.07, 6.45) is -5.47. The van der Waals surface area contributed by atoms with E-state index in [1.165, 1.54) is 0 Å². The van der Waals surface area contributed by atoms with Gasteiger partial charge in [0.05, 0.1) is 7.11 Å². The SMILES string of the molecule is COC(=O)C(Cc1ccccc1)NC(=O)C(NC(=O)C(F)(F)F)C(=O)O. The first-order valence-corrected chi connectivity index (χ1v) is 7.09. The van der Waals surface area contributed by atoms with Crippen molar-refractivity contribution in [1.82, 2.24) is 10.6 Å². The summed E-state index contributed by atoms with van der Waals surface area (Å²) in [5.41, 5.74) is 0.578. The summed E-state index contributed by atoms with van der Waals surface area (Å²) in [5, 5.41) is 11.9. The highest BCUT2D eigenvalue weighted by Crippen LogP contribution is 2.14. The zero-order chi connectivity index (χ0) is 19.9. The second-order valence-corrected chi connectivity index (χ2v) is 5.02. The number of carboxylic acids is 1. The number of rotatable bonds is 7. The first-order chi connectivity index (χ1) is 12.1. The summed E-state index contributed by atoms with van der Waals surface area (Å²) in [5.74, 6) is -7.06. The Hall–Kier alpha value is -3.11. The van der Waals surface area contributed by atoms with Gasteiger partial charge in [-0.25, -0.2) is 9.59 Å². The van der Waals surface area contributed by atoms with Crippen LogP contribution in [0.25, 0.3) is 0 Å². The van der Waals surface area contributed by atoms with E-state index in [9.17, 15) is 32.3 Å². The predicted octanol–water partition coefficient (Wildman–Crippen LogP) is 0.0186. The summed E-state index contributed by atoms with van der Waals surface area (Å²) in [6.45, 7) is 0. The van der Waals surface area contributed by atoms with Gasteiger partial charge in [0.2, 0.25) is 6.04 Å². The summed E-state index contributed by atoms with van der Waals surface area (Å²) in [4.78, 5) is 45.7. The minimum atomic E-state index is -5.38. The van der Waals surface area contributed by atoms with Gasteiger partial charge in [0.25, 0.3) is 5.91 Å². The van der Waals surface area contributed by atoms with Gasteiger partial charge in [-0.2, -0.15) is 13.2 Å². The lowest BCUT2D eigenvalue weighted by molar-refractivity contribution is -0.176. The van der Waals surface area contributed by atoms with Gasteiger partial charge in [-0.1, -0.05) is 30.3 Å². The van der Waals surface area contributed by atoms with Crippen LogP contribution in [0.3, 0.4) is 0 Å². The molecule has 0 fully saturated rings. The first kappa shape index (κ1) is 20.9. The first-order valence-electron chi connectivity index (χ1n) is 7.09. The van der Waals surface area contributed by atoms with E-state index in [1.54, 1.807) is 30.3 Å². The molecule has 8 nitrogen and oxygen atoms in total. The van der Waals surface area contributed by atoms with Crippen LogP contribution in [0.15, 0.2) is 30.3 Å². The molecule has 0 heterocycles. The number of carbonyl (C=O) groups excluding carboxylic acids is 3. The number of carboxylic acid groups (broad SMARTS) is 1. The number of aliphatic carboxylic acids is 1. The molecule has 0 saturated heterocycles. The van der Waals surface area contributed by atoms with Crippen molar-refractivity contribution in [1.29, 1.82) is 0 Å². The van der Waals surface area contributed by atoms with E-state index in [-0.39, 0.29) is 6.42 Å². The summed E-state index contributed by atoms with van der Waals surface area (Å²) < 4.78 is 41.3. The number of hydrogen-bond donors (Lipinski definition) is 3. The average Bonchev–Trinajstić information content (AvgIpc) is 2.57. The zero-order valence-corrected chi connectivity index (χ0v) is 13.4. The molecule has 2 atom stereocenters. The van der Waals surface area contributed by atoms with Crippen LogP contribution in [0.5, 0.6) is 0 Å². The fourth-order valence-electron chi connectivity index (χ4n) is 1.89. The van der Waals surface area contributed by atoms with Crippen LogP contribution in [0.2, 0.25) is 0 Å². The van der Waals surface area contributed by atoms with Crippen LogP contribution >= 0.6 is 0 Å². The van der Waals surface area contributed by atoms with Crippen molar-refractivity contribution in [3.8, 4) is 0 Å². The predicted molar refractivity (Wildman–Crippen MR) is 79.7 cm³/mol. The van der Waals surface area contributed by atoms with Crippen molar-refractivity contribution >= 4 is 23.8 Å². The maximum Gasteiger partial charge on any atom is 0.471 e. The summed E-state index contributed by atoms with van der Waals surface area (Å²) in [6, 6.07) is 4.32. The van der Waals surface area contributed by atoms with E-state index in [2.05, 4.69) is 4.74 Å². The van der Waals surface area contributed by atoms with Crippen molar-refractivity contribution in [2.45, 2.75) is 24.7 Å². The van der Waals surface area contributed by atoms with Crippen LogP contribution in [0, 0.1) is 0 Å². The fraction of sp³-hybridized carbons (Fsp3) is 0.333. The number of methoxy groups -OCH3 is 1. The van der Waals surface area contributed by atoms with Crippen molar-refractivity contribution in [3.05, 3.63) is 35.9 Å². The monoisotopic (exact) mass is 376 g/mol. The van der Waals surface area contributed by atoms with Gasteiger partial charge in [-0.15, -0.1) is 0 Å². The number of ether oxygens (including phenoxy) is 1. The topological polar surface area (TPSA) is 122 Å². The van der Waals surface area contributed by atoms with Crippen molar-refractivity contribution in [2.24, 2.45) is 0 Å². The molecule has 2 unspecified atom stereocenters. The molecule has 0 aromatic heterocycles. The Labute approximate surface area is 145 Å². The van der Waals surface area contributed by atoms with Crippen molar-refractivity contribution < 1.29 is 42.2 Å². The van der Waals surface area contributed by atoms with Crippen LogP contribution in [-0.4, -0.2) is 54.2 Å². The third kappa shape index (κ3) is 6.07. The van der Waals surface area contributed by atoms with Crippen LogP contribution in [0.4, 0.5) is 13.2 Å². The Balaban J connectivity index is 2.92. The van der Waals surface area contributed by atoms with Gasteiger partial charge in [-0.3, -0.25) is 9.59 Å². The average molecular weight is 376 g/mol. The maximum absolute atomic E-state index is 12.3. The molecule has 11 heteroatoms. The Kier molecular flexibility index (Phi) is 7.11. The number of nitrogens with one attached hydrogen (secondary N) is 2. The highest BCUT2D eigenvalue weighted by molar-refractivity contribution is 6.05. The molecule has 1 aromatic carbocycles. The highest BCUT2D eigenvalue weighted by Gasteiger charge is 2.43. The van der Waals surface area contributed by atoms with Gasteiger partial charge in [0.15, 0.2) is 0 Å². The second kappa shape index (κ2) is 8.83. The normalized spacial score (nSPS) is 13.2. The fourth-order valence-corrected chi connectivity index (χ4v) is 1.89. The number of amides is 2. The highest BCUT2D eigenvalue weighted by atomic mass is 19.4. The van der Waals surface area contributed by atoms with Gasteiger partial charge >= 0.3 is 24.0 Å². The van der Waals surface area contributed by atoms with Crippen LogP contribution in [-0.2, 0) is 30.3 Å². The third-order valence-corrected chi connectivity index (χ3v) is 3.13. The molecule has 0 aliphatic rings. The quantitative estimate of drug-likeness (QED) is 0.456. The zero-order valence-electron chi connectivity index (χ0n) is 13.4. The molecule has 0 bridgehead atoms. The van der Waals surface area contributed by atoms with Crippen molar-refractivity contribution in [3.63, 3.8) is 0 Å². The van der Waals surface area contributed by atoms with E-state index in [0.717, 1.165) is 12.4 Å². The Morgan fingerprint density at radius 3 is 2.15 bits per heavy atom. The molecule has 1 aromatic rings. The van der Waals surface area contributed by atoms with Gasteiger partial charge < -0.3 is 20.5 Å².